The smallest absolute Gasteiger partial charge is 0.407 e. The van der Waals surface area contributed by atoms with Crippen molar-refractivity contribution in [3.63, 3.8) is 0 Å². The molecule has 5 rings (SSSR count). The summed E-state index contributed by atoms with van der Waals surface area (Å²) < 4.78 is 5.66. The van der Waals surface area contributed by atoms with Crippen LogP contribution in [0.1, 0.15) is 48.8 Å². The molecule has 1 aliphatic carbocycles. The number of rotatable bonds is 9. The van der Waals surface area contributed by atoms with E-state index in [0.29, 0.717) is 19.6 Å². The third-order valence-corrected chi connectivity index (χ3v) is 8.22. The zero-order valence-corrected chi connectivity index (χ0v) is 23.4. The molecule has 8 nitrogen and oxygen atoms in total. The van der Waals surface area contributed by atoms with E-state index in [-0.39, 0.29) is 37.3 Å². The van der Waals surface area contributed by atoms with Gasteiger partial charge in [0.1, 0.15) is 12.6 Å². The van der Waals surface area contributed by atoms with Crippen LogP contribution >= 0.6 is 0 Å². The van der Waals surface area contributed by atoms with Crippen molar-refractivity contribution in [3.05, 3.63) is 95.6 Å². The van der Waals surface area contributed by atoms with Crippen LogP contribution in [0.4, 0.5) is 4.79 Å². The van der Waals surface area contributed by atoms with Crippen LogP contribution in [0, 0.1) is 0 Å². The first-order chi connectivity index (χ1) is 19.9. The van der Waals surface area contributed by atoms with Crippen molar-refractivity contribution in [2.24, 2.45) is 0 Å². The highest BCUT2D eigenvalue weighted by Gasteiger charge is 2.32. The average Bonchev–Trinajstić information content (AvgIpc) is 3.19. The average molecular weight is 556 g/mol. The Bertz CT molecular complexity index is 1330. The van der Waals surface area contributed by atoms with Crippen molar-refractivity contribution in [3.8, 4) is 11.1 Å². The number of carbonyl (C=O) groups is 3. The van der Waals surface area contributed by atoms with Crippen LogP contribution in [-0.2, 0) is 20.9 Å². The van der Waals surface area contributed by atoms with Crippen molar-refractivity contribution in [2.45, 2.75) is 50.7 Å². The highest BCUT2D eigenvalue weighted by Crippen LogP contribution is 2.44. The van der Waals surface area contributed by atoms with Crippen molar-refractivity contribution in [1.29, 1.82) is 0 Å². The summed E-state index contributed by atoms with van der Waals surface area (Å²) in [6.07, 6.45) is -0.165. The number of fused-ring (bicyclic) bond motifs is 3. The number of hydrogen-bond acceptors (Lipinski definition) is 5. The molecule has 0 radical (unpaired) electrons. The van der Waals surface area contributed by atoms with Gasteiger partial charge >= 0.3 is 12.1 Å². The fourth-order valence-corrected chi connectivity index (χ4v) is 5.91. The SMILES string of the molecule is CC1CCN(C(=O)C(CCC(=O)O)NC(=O)OCC2c3ccccc3-c3ccccc32)CCN1Cc1ccccc1. The second-order valence-corrected chi connectivity index (χ2v) is 10.9. The molecule has 41 heavy (non-hydrogen) atoms. The molecule has 1 saturated heterocycles. The van der Waals surface area contributed by atoms with Crippen molar-refractivity contribution < 1.29 is 24.2 Å². The van der Waals surface area contributed by atoms with Crippen LogP contribution < -0.4 is 5.32 Å². The standard InChI is InChI=1S/C33H37N3O5/c1-23-17-18-35(19-20-36(23)21-24-9-3-2-4-10-24)32(39)30(15-16-31(37)38)34-33(40)41-22-29-27-13-7-5-11-25(27)26-12-6-8-14-28(26)29/h2-14,23,29-30H,15-22H2,1H3,(H,34,40)(H,37,38). The number of ether oxygens (including phenoxy) is 1. The summed E-state index contributed by atoms with van der Waals surface area (Å²) >= 11 is 0. The monoisotopic (exact) mass is 555 g/mol. The van der Waals surface area contributed by atoms with Crippen LogP contribution in [0.25, 0.3) is 11.1 Å². The summed E-state index contributed by atoms with van der Waals surface area (Å²) in [5.41, 5.74) is 5.67. The Morgan fingerprint density at radius 2 is 1.54 bits per heavy atom. The van der Waals surface area contributed by atoms with Gasteiger partial charge in [-0.1, -0.05) is 78.9 Å². The zero-order valence-electron chi connectivity index (χ0n) is 23.4. The Hall–Kier alpha value is -4.17. The molecule has 1 aliphatic heterocycles. The number of amides is 2. The first kappa shape index (κ1) is 28.4. The number of nitrogens with one attached hydrogen (secondary N) is 1. The van der Waals surface area contributed by atoms with Crippen LogP contribution in [0.15, 0.2) is 78.9 Å². The van der Waals surface area contributed by atoms with Gasteiger partial charge in [0.05, 0.1) is 0 Å². The van der Waals surface area contributed by atoms with Gasteiger partial charge in [0.15, 0.2) is 0 Å². The van der Waals surface area contributed by atoms with E-state index in [1.54, 1.807) is 4.90 Å². The second kappa shape index (κ2) is 13.0. The van der Waals surface area contributed by atoms with E-state index in [4.69, 9.17) is 4.74 Å². The van der Waals surface area contributed by atoms with Crippen molar-refractivity contribution in [2.75, 3.05) is 26.2 Å². The molecular formula is C33H37N3O5. The van der Waals surface area contributed by atoms with E-state index in [0.717, 1.165) is 35.2 Å². The predicted octanol–water partition coefficient (Wildman–Crippen LogP) is 4.88. The summed E-state index contributed by atoms with van der Waals surface area (Å²) in [6.45, 7) is 4.82. The molecule has 8 heteroatoms. The number of benzene rings is 3. The summed E-state index contributed by atoms with van der Waals surface area (Å²) in [5, 5.41) is 12.0. The number of alkyl carbamates (subject to hydrolysis) is 1. The normalized spacial score (nSPS) is 17.7. The third-order valence-electron chi connectivity index (χ3n) is 8.22. The van der Waals surface area contributed by atoms with Gasteiger partial charge in [-0.25, -0.2) is 4.79 Å². The van der Waals surface area contributed by atoms with E-state index < -0.39 is 18.1 Å². The second-order valence-electron chi connectivity index (χ2n) is 10.9. The van der Waals surface area contributed by atoms with Gasteiger partial charge in [0.2, 0.25) is 5.91 Å². The molecule has 3 aromatic rings. The summed E-state index contributed by atoms with van der Waals surface area (Å²) in [6, 6.07) is 25.7. The van der Waals surface area contributed by atoms with Crippen LogP contribution in [-0.4, -0.2) is 71.2 Å². The zero-order chi connectivity index (χ0) is 28.8. The van der Waals surface area contributed by atoms with Gasteiger partial charge in [-0.2, -0.15) is 0 Å². The Morgan fingerprint density at radius 3 is 2.20 bits per heavy atom. The summed E-state index contributed by atoms with van der Waals surface area (Å²) in [4.78, 5) is 42.0. The van der Waals surface area contributed by atoms with Crippen molar-refractivity contribution >= 4 is 18.0 Å². The number of carboxylic acids is 1. The Labute approximate surface area is 240 Å². The Morgan fingerprint density at radius 1 is 0.902 bits per heavy atom. The van der Waals surface area contributed by atoms with Gasteiger partial charge in [0, 0.05) is 44.6 Å². The minimum absolute atomic E-state index is 0.00184. The molecule has 2 atom stereocenters. The molecule has 3 aromatic carbocycles. The fourth-order valence-electron chi connectivity index (χ4n) is 5.91. The molecule has 1 heterocycles. The van der Waals surface area contributed by atoms with Crippen molar-refractivity contribution in [1.82, 2.24) is 15.1 Å². The highest BCUT2D eigenvalue weighted by molar-refractivity contribution is 5.86. The lowest BCUT2D eigenvalue weighted by atomic mass is 9.98. The third kappa shape index (κ3) is 6.77. The van der Waals surface area contributed by atoms with Crippen LogP contribution in [0.3, 0.4) is 0 Å². The minimum Gasteiger partial charge on any atom is -0.481 e. The van der Waals surface area contributed by atoms with Gasteiger partial charge in [-0.05, 0) is 47.6 Å². The maximum absolute atomic E-state index is 13.6. The quantitative estimate of drug-likeness (QED) is 0.391. The topological polar surface area (TPSA) is 99.2 Å². The lowest BCUT2D eigenvalue weighted by molar-refractivity contribution is -0.138. The lowest BCUT2D eigenvalue weighted by Gasteiger charge is -2.27. The largest absolute Gasteiger partial charge is 0.481 e. The molecular weight excluding hydrogens is 518 g/mol. The van der Waals surface area contributed by atoms with E-state index >= 15 is 0 Å². The molecule has 2 unspecified atom stereocenters. The fraction of sp³-hybridized carbons (Fsp3) is 0.364. The molecule has 2 amide bonds. The molecule has 0 aromatic heterocycles. The predicted molar refractivity (Wildman–Crippen MR) is 156 cm³/mol. The van der Waals surface area contributed by atoms with Gasteiger partial charge in [0.25, 0.3) is 0 Å². The first-order valence-corrected chi connectivity index (χ1v) is 14.3. The number of aliphatic carboxylic acids is 1. The van der Waals surface area contributed by atoms with Crippen LogP contribution in [0.2, 0.25) is 0 Å². The molecule has 0 saturated carbocycles. The Balaban J connectivity index is 1.22. The van der Waals surface area contributed by atoms with E-state index in [1.807, 2.05) is 54.6 Å². The lowest BCUT2D eigenvalue weighted by Crippen LogP contribution is -2.50. The highest BCUT2D eigenvalue weighted by atomic mass is 16.5. The number of nitrogens with zero attached hydrogens (tertiary/aromatic N) is 2. The Kier molecular flexibility index (Phi) is 8.99. The number of carbonyl (C=O) groups excluding carboxylic acids is 2. The molecule has 0 spiro atoms. The molecule has 0 bridgehead atoms. The molecule has 2 aliphatic rings. The molecule has 214 valence electrons. The molecule has 2 N–H and O–H groups in total. The van der Waals surface area contributed by atoms with Gasteiger partial charge < -0.3 is 20.1 Å². The number of carboxylic acid groups (broad SMARTS) is 1. The van der Waals surface area contributed by atoms with Crippen LogP contribution in [0.5, 0.6) is 0 Å². The van der Waals surface area contributed by atoms with Gasteiger partial charge in [-0.3, -0.25) is 14.5 Å². The summed E-state index contributed by atoms with van der Waals surface area (Å²) in [5.74, 6) is -1.40. The maximum atomic E-state index is 13.6. The van der Waals surface area contributed by atoms with E-state index in [9.17, 15) is 19.5 Å². The summed E-state index contributed by atoms with van der Waals surface area (Å²) in [7, 11) is 0. The van der Waals surface area contributed by atoms with Gasteiger partial charge in [-0.15, -0.1) is 0 Å². The maximum Gasteiger partial charge on any atom is 0.407 e. The van der Waals surface area contributed by atoms with E-state index in [2.05, 4.69) is 41.4 Å². The number of hydrogen-bond donors (Lipinski definition) is 2. The minimum atomic E-state index is -1.02. The molecule has 1 fully saturated rings. The first-order valence-electron chi connectivity index (χ1n) is 14.3. The van der Waals surface area contributed by atoms with E-state index in [1.165, 1.54) is 5.56 Å².